The van der Waals surface area contributed by atoms with E-state index in [0.717, 1.165) is 18.7 Å². The molecule has 1 aromatic carbocycles. The molecule has 5 rings (SSSR count). The molecular formula is C25H34N4O6. The van der Waals surface area contributed by atoms with Crippen LogP contribution in [0.4, 0.5) is 0 Å². The van der Waals surface area contributed by atoms with Crippen LogP contribution in [0.1, 0.15) is 24.4 Å². The Balaban J connectivity index is 1.45. The van der Waals surface area contributed by atoms with Gasteiger partial charge < -0.3 is 30.1 Å². The van der Waals surface area contributed by atoms with Gasteiger partial charge in [0.15, 0.2) is 0 Å². The first kappa shape index (κ1) is 24.2. The number of rotatable bonds is 8. The van der Waals surface area contributed by atoms with Crippen LogP contribution in [-0.4, -0.2) is 103 Å². The highest BCUT2D eigenvalue weighted by molar-refractivity contribution is 5.99. The zero-order valence-electron chi connectivity index (χ0n) is 20.0. The molecule has 1 aromatic rings. The minimum Gasteiger partial charge on any atom is -0.394 e. The van der Waals surface area contributed by atoms with Crippen molar-refractivity contribution in [3.63, 3.8) is 0 Å². The maximum absolute atomic E-state index is 14.0. The van der Waals surface area contributed by atoms with Crippen LogP contribution in [0.2, 0.25) is 0 Å². The molecule has 0 saturated carbocycles. The Kier molecular flexibility index (Phi) is 6.80. The monoisotopic (exact) mass is 486 g/mol. The molecular weight excluding hydrogens is 452 g/mol. The van der Waals surface area contributed by atoms with Gasteiger partial charge in [0.1, 0.15) is 11.6 Å². The number of ether oxygens (including phenoxy) is 2. The van der Waals surface area contributed by atoms with Crippen LogP contribution in [0.3, 0.4) is 0 Å². The number of nitrogens with one attached hydrogen (secondary N) is 2. The minimum absolute atomic E-state index is 0.247. The van der Waals surface area contributed by atoms with Gasteiger partial charge in [0.25, 0.3) is 0 Å². The summed E-state index contributed by atoms with van der Waals surface area (Å²) in [6.07, 6.45) is 0.744. The Morgan fingerprint density at radius 2 is 1.94 bits per heavy atom. The van der Waals surface area contributed by atoms with Crippen LogP contribution in [0.15, 0.2) is 30.3 Å². The number of carbonyl (C=O) groups excluding carboxylic acids is 3. The molecule has 4 fully saturated rings. The van der Waals surface area contributed by atoms with Crippen LogP contribution in [0, 0.1) is 11.8 Å². The number of hydrogen-bond donors (Lipinski definition) is 3. The summed E-state index contributed by atoms with van der Waals surface area (Å²) in [5.41, 5.74) is -0.346. The van der Waals surface area contributed by atoms with Crippen molar-refractivity contribution in [2.75, 3.05) is 53.0 Å². The van der Waals surface area contributed by atoms with Crippen LogP contribution in [0.5, 0.6) is 0 Å². The average molecular weight is 487 g/mol. The number of benzene rings is 1. The summed E-state index contributed by atoms with van der Waals surface area (Å²) >= 11 is 0. The fourth-order valence-corrected chi connectivity index (χ4v) is 6.48. The lowest BCUT2D eigenvalue weighted by atomic mass is 9.70. The lowest BCUT2D eigenvalue weighted by Crippen LogP contribution is -2.57. The van der Waals surface area contributed by atoms with Crippen molar-refractivity contribution < 1.29 is 29.0 Å². The number of likely N-dealkylation sites (tertiary alicyclic amines) is 1. The molecule has 0 aliphatic carbocycles. The summed E-state index contributed by atoms with van der Waals surface area (Å²) < 4.78 is 11.8. The van der Waals surface area contributed by atoms with E-state index in [1.807, 2.05) is 30.3 Å². The summed E-state index contributed by atoms with van der Waals surface area (Å²) in [6.45, 7) is 3.74. The second kappa shape index (κ2) is 9.85. The quantitative estimate of drug-likeness (QED) is 0.444. The summed E-state index contributed by atoms with van der Waals surface area (Å²) in [5, 5.41) is 16.1. The highest BCUT2D eigenvalue weighted by Crippen LogP contribution is 2.59. The van der Waals surface area contributed by atoms with E-state index < -0.39 is 29.5 Å². The molecule has 4 saturated heterocycles. The first-order valence-electron chi connectivity index (χ1n) is 12.5. The predicted octanol–water partition coefficient (Wildman–Crippen LogP) is -0.711. The van der Waals surface area contributed by atoms with E-state index in [0.29, 0.717) is 39.1 Å². The third-order valence-corrected chi connectivity index (χ3v) is 8.06. The van der Waals surface area contributed by atoms with E-state index in [9.17, 15) is 19.5 Å². The SMILES string of the molecule is CNC(=O)[C@@H]1[C@H]2C(=O)N([C@H](CO)c3ccccc3)C(C(=O)NCCN3CCOCC3)C23CC[C@H]1O3. The van der Waals surface area contributed by atoms with Gasteiger partial charge in [-0.3, -0.25) is 19.3 Å². The Morgan fingerprint density at radius 1 is 1.20 bits per heavy atom. The summed E-state index contributed by atoms with van der Waals surface area (Å²) in [4.78, 5) is 44.2. The second-order valence-corrected chi connectivity index (χ2v) is 9.77. The molecule has 4 heterocycles. The van der Waals surface area contributed by atoms with E-state index in [4.69, 9.17) is 9.47 Å². The maximum atomic E-state index is 14.0. The largest absolute Gasteiger partial charge is 0.394 e. The molecule has 35 heavy (non-hydrogen) atoms. The zero-order chi connectivity index (χ0) is 24.6. The van der Waals surface area contributed by atoms with Gasteiger partial charge in [-0.2, -0.15) is 0 Å². The van der Waals surface area contributed by atoms with Crippen molar-refractivity contribution in [1.29, 1.82) is 0 Å². The molecule has 0 aromatic heterocycles. The number of aliphatic hydroxyl groups is 1. The number of carbonyl (C=O) groups is 3. The van der Waals surface area contributed by atoms with Gasteiger partial charge in [-0.15, -0.1) is 0 Å². The third kappa shape index (κ3) is 4.02. The van der Waals surface area contributed by atoms with Crippen molar-refractivity contribution >= 4 is 17.7 Å². The van der Waals surface area contributed by atoms with Gasteiger partial charge in [-0.25, -0.2) is 0 Å². The molecule has 4 aliphatic heterocycles. The molecule has 10 heteroatoms. The number of aliphatic hydroxyl groups excluding tert-OH is 1. The highest BCUT2D eigenvalue weighted by Gasteiger charge is 2.75. The molecule has 2 bridgehead atoms. The number of nitrogens with zero attached hydrogens (tertiary/aromatic N) is 2. The lowest BCUT2D eigenvalue weighted by Gasteiger charge is -2.37. The standard InChI is InChI=1S/C25H34N4O6/c1-26-22(31)19-18-7-8-25(35-18)20(19)24(33)29(17(15-30)16-5-3-2-4-6-16)21(25)23(32)27-9-10-28-11-13-34-14-12-28/h2-6,17-21,30H,7-15H2,1H3,(H,26,31)(H,27,32)/t17-,18-,19+,20+,21?,25?/m1/s1. The normalized spacial score (nSPS) is 33.0. The molecule has 1 spiro atoms. The van der Waals surface area contributed by atoms with Crippen molar-refractivity contribution in [3.8, 4) is 0 Å². The molecule has 3 amide bonds. The Labute approximate surface area is 204 Å². The smallest absolute Gasteiger partial charge is 0.245 e. The van der Waals surface area contributed by atoms with E-state index >= 15 is 0 Å². The van der Waals surface area contributed by atoms with Gasteiger partial charge in [-0.05, 0) is 18.4 Å². The molecule has 190 valence electrons. The fourth-order valence-electron chi connectivity index (χ4n) is 6.48. The molecule has 10 nitrogen and oxygen atoms in total. The number of hydrogen-bond acceptors (Lipinski definition) is 7. The average Bonchev–Trinajstić information content (AvgIpc) is 3.53. The van der Waals surface area contributed by atoms with Crippen molar-refractivity contribution in [1.82, 2.24) is 20.4 Å². The van der Waals surface area contributed by atoms with Gasteiger partial charge in [0.05, 0.1) is 43.8 Å². The second-order valence-electron chi connectivity index (χ2n) is 9.77. The Bertz CT molecular complexity index is 955. The van der Waals surface area contributed by atoms with E-state index in [-0.39, 0.29) is 30.4 Å². The van der Waals surface area contributed by atoms with Crippen LogP contribution in [-0.2, 0) is 23.9 Å². The Hall–Kier alpha value is -2.53. The number of fused-ring (bicyclic) bond motifs is 1. The number of morpholine rings is 1. The molecule has 2 unspecified atom stereocenters. The molecule has 3 N–H and O–H groups in total. The first-order chi connectivity index (χ1) is 17.0. The van der Waals surface area contributed by atoms with Gasteiger partial charge in [0.2, 0.25) is 17.7 Å². The van der Waals surface area contributed by atoms with Gasteiger partial charge >= 0.3 is 0 Å². The zero-order valence-corrected chi connectivity index (χ0v) is 20.0. The predicted molar refractivity (Wildman–Crippen MR) is 125 cm³/mol. The van der Waals surface area contributed by atoms with E-state index in [1.165, 1.54) is 4.90 Å². The van der Waals surface area contributed by atoms with Crippen molar-refractivity contribution in [3.05, 3.63) is 35.9 Å². The minimum atomic E-state index is -1.08. The van der Waals surface area contributed by atoms with Crippen LogP contribution < -0.4 is 10.6 Å². The van der Waals surface area contributed by atoms with Gasteiger partial charge in [-0.1, -0.05) is 30.3 Å². The first-order valence-corrected chi connectivity index (χ1v) is 12.5. The lowest BCUT2D eigenvalue weighted by molar-refractivity contribution is -0.145. The molecule has 4 aliphatic rings. The Morgan fingerprint density at radius 3 is 2.63 bits per heavy atom. The maximum Gasteiger partial charge on any atom is 0.245 e. The molecule has 6 atom stereocenters. The summed E-state index contributed by atoms with van der Waals surface area (Å²) in [5.74, 6) is -2.26. The van der Waals surface area contributed by atoms with Crippen LogP contribution >= 0.6 is 0 Å². The van der Waals surface area contributed by atoms with Gasteiger partial charge in [0, 0.05) is 33.2 Å². The fraction of sp³-hybridized carbons (Fsp3) is 0.640. The topological polar surface area (TPSA) is 120 Å². The third-order valence-electron chi connectivity index (χ3n) is 8.06. The number of amides is 3. The van der Waals surface area contributed by atoms with E-state index in [2.05, 4.69) is 15.5 Å². The summed E-state index contributed by atoms with van der Waals surface area (Å²) in [6, 6.07) is 7.56. The highest BCUT2D eigenvalue weighted by atomic mass is 16.5. The van der Waals surface area contributed by atoms with E-state index in [1.54, 1.807) is 7.05 Å². The van der Waals surface area contributed by atoms with Crippen molar-refractivity contribution in [2.45, 2.75) is 36.6 Å². The summed E-state index contributed by atoms with van der Waals surface area (Å²) in [7, 11) is 1.55. The van der Waals surface area contributed by atoms with Crippen LogP contribution in [0.25, 0.3) is 0 Å². The molecule has 0 radical (unpaired) electrons. The van der Waals surface area contributed by atoms with Crippen molar-refractivity contribution in [2.24, 2.45) is 11.8 Å².